The number of carbonyl (C=O) groups excluding carboxylic acids is 1. The summed E-state index contributed by atoms with van der Waals surface area (Å²) in [6, 6.07) is 8.01. The maximum atomic E-state index is 12.5. The molecule has 27 heavy (non-hydrogen) atoms. The smallest absolute Gasteiger partial charge is 0.311 e. The topological polar surface area (TPSA) is 47.6 Å². The van der Waals surface area contributed by atoms with Crippen LogP contribution >= 0.6 is 0 Å². The number of allylic oxidation sites excluding steroid dienone is 3. The summed E-state index contributed by atoms with van der Waals surface area (Å²) in [5.74, 6) is 0.895. The predicted molar refractivity (Wildman–Crippen MR) is 105 cm³/mol. The Morgan fingerprint density at radius 3 is 2.81 bits per heavy atom. The first kappa shape index (κ1) is 18.3. The lowest BCUT2D eigenvalue weighted by molar-refractivity contribution is -0.145. The summed E-state index contributed by atoms with van der Waals surface area (Å²) in [6.45, 7) is 5.92. The van der Waals surface area contributed by atoms with E-state index in [0.29, 0.717) is 6.54 Å². The average Bonchev–Trinajstić information content (AvgIpc) is 2.95. The van der Waals surface area contributed by atoms with Gasteiger partial charge in [-0.3, -0.25) is 4.79 Å². The number of esters is 1. The van der Waals surface area contributed by atoms with E-state index in [-0.39, 0.29) is 29.3 Å². The third-order valence-electron chi connectivity index (χ3n) is 6.55. The molecule has 4 rings (SSSR count). The van der Waals surface area contributed by atoms with Gasteiger partial charge in [-0.1, -0.05) is 36.8 Å². The highest BCUT2D eigenvalue weighted by molar-refractivity contribution is 5.76. The summed E-state index contributed by atoms with van der Waals surface area (Å²) in [7, 11) is 1.67. The lowest BCUT2D eigenvalue weighted by Crippen LogP contribution is -2.38. The molecule has 1 heterocycles. The number of hydrogen-bond acceptors (Lipinski definition) is 4. The molecule has 0 aromatic heterocycles. The number of hydrogen-bond donors (Lipinski definition) is 1. The number of methoxy groups -OCH3 is 1. The van der Waals surface area contributed by atoms with Crippen molar-refractivity contribution >= 4 is 5.97 Å². The Kier molecular flexibility index (Phi) is 4.85. The van der Waals surface area contributed by atoms with Crippen molar-refractivity contribution in [3.8, 4) is 5.75 Å². The van der Waals surface area contributed by atoms with Crippen LogP contribution in [0.5, 0.6) is 5.75 Å². The fraction of sp³-hybridized carbons (Fsp3) is 0.522. The predicted octanol–water partition coefficient (Wildman–Crippen LogP) is 4.02. The van der Waals surface area contributed by atoms with Gasteiger partial charge in [0.15, 0.2) is 0 Å². The molecule has 1 aromatic rings. The largest absolute Gasteiger partial charge is 0.497 e. The summed E-state index contributed by atoms with van der Waals surface area (Å²) >= 11 is 0. The van der Waals surface area contributed by atoms with Gasteiger partial charge in [-0.25, -0.2) is 0 Å². The molecule has 0 radical (unpaired) electrons. The van der Waals surface area contributed by atoms with Crippen LogP contribution in [0.25, 0.3) is 0 Å². The van der Waals surface area contributed by atoms with Crippen molar-refractivity contribution in [2.45, 2.75) is 45.8 Å². The lowest BCUT2D eigenvalue weighted by Gasteiger charge is -2.42. The van der Waals surface area contributed by atoms with Crippen LogP contribution in [0.1, 0.15) is 38.7 Å². The van der Waals surface area contributed by atoms with E-state index in [1.807, 2.05) is 24.3 Å². The summed E-state index contributed by atoms with van der Waals surface area (Å²) in [4.78, 5) is 12.5. The second-order valence-electron chi connectivity index (χ2n) is 8.41. The highest BCUT2D eigenvalue weighted by Crippen LogP contribution is 2.52. The van der Waals surface area contributed by atoms with E-state index in [1.54, 1.807) is 7.11 Å². The van der Waals surface area contributed by atoms with Gasteiger partial charge in [0.05, 0.1) is 13.0 Å². The van der Waals surface area contributed by atoms with Crippen LogP contribution < -0.4 is 10.1 Å². The zero-order valence-corrected chi connectivity index (χ0v) is 16.5. The van der Waals surface area contributed by atoms with E-state index >= 15 is 0 Å². The van der Waals surface area contributed by atoms with Crippen LogP contribution in [0.15, 0.2) is 47.6 Å². The van der Waals surface area contributed by atoms with Crippen LogP contribution in [0.2, 0.25) is 0 Å². The Morgan fingerprint density at radius 2 is 2.07 bits per heavy atom. The van der Waals surface area contributed by atoms with Crippen molar-refractivity contribution in [2.24, 2.45) is 17.3 Å². The molecular formula is C23H29NO3. The standard InChI is InChI=1S/C23H29NO3/c1-15-5-4-10-23(2)12-21-18(11-20(15)23)19(22(25)27-21)14-24-13-16-6-8-17(26-3)9-7-16/h5-9,11,18-19,21,24H,4,10,12-14H2,1-3H3. The molecule has 1 N–H and O–H groups in total. The minimum absolute atomic E-state index is 0.0323. The Labute approximate surface area is 161 Å². The second kappa shape index (κ2) is 7.16. The Bertz CT molecular complexity index is 779. The van der Waals surface area contributed by atoms with Crippen molar-refractivity contribution in [1.82, 2.24) is 5.32 Å². The molecule has 2 aliphatic carbocycles. The number of fused-ring (bicyclic) bond motifs is 2. The third kappa shape index (κ3) is 3.43. The molecular weight excluding hydrogens is 338 g/mol. The maximum absolute atomic E-state index is 12.5. The molecule has 1 saturated heterocycles. The average molecular weight is 367 g/mol. The van der Waals surface area contributed by atoms with Crippen LogP contribution in [0.3, 0.4) is 0 Å². The van der Waals surface area contributed by atoms with Crippen molar-refractivity contribution in [3.05, 3.63) is 53.1 Å². The van der Waals surface area contributed by atoms with Gasteiger partial charge in [0.2, 0.25) is 0 Å². The van der Waals surface area contributed by atoms with Crippen LogP contribution in [0, 0.1) is 17.3 Å². The van der Waals surface area contributed by atoms with E-state index in [2.05, 4.69) is 31.3 Å². The molecule has 4 nitrogen and oxygen atoms in total. The molecule has 0 spiro atoms. The van der Waals surface area contributed by atoms with Crippen molar-refractivity contribution in [1.29, 1.82) is 0 Å². The number of carbonyl (C=O) groups is 1. The number of benzene rings is 1. The number of ether oxygens (including phenoxy) is 2. The molecule has 1 aliphatic heterocycles. The van der Waals surface area contributed by atoms with Gasteiger partial charge >= 0.3 is 5.97 Å². The van der Waals surface area contributed by atoms with Gasteiger partial charge in [-0.15, -0.1) is 0 Å². The van der Waals surface area contributed by atoms with Gasteiger partial charge in [0.25, 0.3) is 0 Å². The maximum Gasteiger partial charge on any atom is 0.311 e. The first-order chi connectivity index (χ1) is 13.0. The molecule has 1 aromatic carbocycles. The first-order valence-corrected chi connectivity index (χ1v) is 9.94. The molecule has 4 heteroatoms. The molecule has 144 valence electrons. The first-order valence-electron chi connectivity index (χ1n) is 9.94. The monoisotopic (exact) mass is 367 g/mol. The molecule has 0 bridgehead atoms. The Morgan fingerprint density at radius 1 is 1.30 bits per heavy atom. The molecule has 4 atom stereocenters. The highest BCUT2D eigenvalue weighted by Gasteiger charge is 2.50. The summed E-state index contributed by atoms with van der Waals surface area (Å²) in [5, 5.41) is 3.45. The minimum atomic E-state index is -0.0972. The van der Waals surface area contributed by atoms with Crippen molar-refractivity contribution < 1.29 is 14.3 Å². The molecule has 3 aliphatic rings. The summed E-state index contributed by atoms with van der Waals surface area (Å²) in [5.41, 5.74) is 4.16. The van der Waals surface area contributed by atoms with Gasteiger partial charge in [-0.2, -0.15) is 0 Å². The second-order valence-corrected chi connectivity index (χ2v) is 8.41. The van der Waals surface area contributed by atoms with E-state index in [0.717, 1.165) is 31.6 Å². The lowest BCUT2D eigenvalue weighted by atomic mass is 9.62. The molecule has 0 amide bonds. The quantitative estimate of drug-likeness (QED) is 0.799. The van der Waals surface area contributed by atoms with Crippen LogP contribution in [-0.4, -0.2) is 25.7 Å². The Balaban J connectivity index is 1.44. The number of nitrogens with one attached hydrogen (secondary N) is 1. The Hall–Kier alpha value is -2.07. The van der Waals surface area contributed by atoms with Gasteiger partial charge in [0.1, 0.15) is 11.9 Å². The fourth-order valence-corrected chi connectivity index (χ4v) is 4.98. The normalized spacial score (nSPS) is 32.1. The fourth-order valence-electron chi connectivity index (χ4n) is 4.98. The summed E-state index contributed by atoms with van der Waals surface area (Å²) in [6.07, 6.45) is 7.95. The van der Waals surface area contributed by atoms with Gasteiger partial charge in [0, 0.05) is 19.0 Å². The van der Waals surface area contributed by atoms with Crippen molar-refractivity contribution in [3.63, 3.8) is 0 Å². The SMILES string of the molecule is COc1ccc(CNCC2C(=O)OC3CC4(C)CCC=C(C)C4=CC32)cc1. The minimum Gasteiger partial charge on any atom is -0.497 e. The summed E-state index contributed by atoms with van der Waals surface area (Å²) < 4.78 is 11.0. The highest BCUT2D eigenvalue weighted by atomic mass is 16.6. The van der Waals surface area contributed by atoms with Crippen molar-refractivity contribution in [2.75, 3.05) is 13.7 Å². The van der Waals surface area contributed by atoms with Crippen LogP contribution in [-0.2, 0) is 16.1 Å². The third-order valence-corrected chi connectivity index (χ3v) is 6.55. The molecule has 1 fully saturated rings. The van der Waals surface area contributed by atoms with E-state index < -0.39 is 0 Å². The zero-order chi connectivity index (χ0) is 19.0. The zero-order valence-electron chi connectivity index (χ0n) is 16.5. The van der Waals surface area contributed by atoms with E-state index in [9.17, 15) is 4.79 Å². The van der Waals surface area contributed by atoms with E-state index in [1.165, 1.54) is 16.7 Å². The van der Waals surface area contributed by atoms with Gasteiger partial charge < -0.3 is 14.8 Å². The van der Waals surface area contributed by atoms with Crippen LogP contribution in [0.4, 0.5) is 0 Å². The number of rotatable bonds is 5. The molecule has 4 unspecified atom stereocenters. The van der Waals surface area contributed by atoms with Gasteiger partial charge in [-0.05, 0) is 54.9 Å². The van der Waals surface area contributed by atoms with E-state index in [4.69, 9.17) is 9.47 Å². The molecule has 0 saturated carbocycles.